The van der Waals surface area contributed by atoms with Gasteiger partial charge in [-0.2, -0.15) is 0 Å². The van der Waals surface area contributed by atoms with Crippen LogP contribution in [0.25, 0.3) is 11.0 Å². The molecule has 0 spiro atoms. The first-order valence-electron chi connectivity index (χ1n) is 10.4. The molecule has 30 heavy (non-hydrogen) atoms. The van der Waals surface area contributed by atoms with Gasteiger partial charge in [0.25, 0.3) is 0 Å². The fraction of sp³-hybridized carbons (Fsp3) is 0.375. The summed E-state index contributed by atoms with van der Waals surface area (Å²) in [5, 5.41) is 0.941. The van der Waals surface area contributed by atoms with E-state index in [2.05, 4.69) is 21.9 Å². The van der Waals surface area contributed by atoms with Crippen LogP contribution in [0.15, 0.2) is 57.7 Å². The minimum atomic E-state index is -0.328. The summed E-state index contributed by atoms with van der Waals surface area (Å²) in [6.07, 6.45) is 0.957. The number of ether oxygens (including phenoxy) is 2. The van der Waals surface area contributed by atoms with Crippen LogP contribution in [-0.4, -0.2) is 51.3 Å². The van der Waals surface area contributed by atoms with Crippen LogP contribution in [-0.2, 0) is 0 Å². The molecule has 1 fully saturated rings. The van der Waals surface area contributed by atoms with Gasteiger partial charge in [-0.25, -0.2) is 4.79 Å². The van der Waals surface area contributed by atoms with Gasteiger partial charge in [-0.1, -0.05) is 0 Å². The molecule has 0 bridgehead atoms. The number of nitrogens with zero attached hydrogens (tertiary/aromatic N) is 2. The van der Waals surface area contributed by atoms with E-state index in [0.717, 1.165) is 61.6 Å². The molecule has 3 aromatic rings. The van der Waals surface area contributed by atoms with Crippen LogP contribution in [0, 0.1) is 6.92 Å². The van der Waals surface area contributed by atoms with Crippen molar-refractivity contribution in [2.75, 3.05) is 51.3 Å². The number of hydrogen-bond acceptors (Lipinski definition) is 6. The van der Waals surface area contributed by atoms with Gasteiger partial charge in [-0.15, -0.1) is 0 Å². The van der Waals surface area contributed by atoms with Gasteiger partial charge in [0, 0.05) is 55.9 Å². The summed E-state index contributed by atoms with van der Waals surface area (Å²) in [4.78, 5) is 16.5. The molecular formula is C24H28N2O4. The average molecular weight is 408 g/mol. The van der Waals surface area contributed by atoms with E-state index in [1.165, 1.54) is 11.8 Å². The lowest BCUT2D eigenvalue weighted by Gasteiger charge is -2.36. The van der Waals surface area contributed by atoms with Gasteiger partial charge in [0.15, 0.2) is 0 Å². The molecule has 1 saturated heterocycles. The van der Waals surface area contributed by atoms with Crippen molar-refractivity contribution in [1.29, 1.82) is 0 Å². The predicted octanol–water partition coefficient (Wildman–Crippen LogP) is 3.70. The number of anilines is 1. The summed E-state index contributed by atoms with van der Waals surface area (Å²) in [6.45, 7) is 7.71. The molecule has 1 aliphatic rings. The predicted molar refractivity (Wildman–Crippen MR) is 119 cm³/mol. The van der Waals surface area contributed by atoms with Crippen molar-refractivity contribution in [1.82, 2.24) is 4.90 Å². The van der Waals surface area contributed by atoms with Crippen LogP contribution in [0.5, 0.6) is 11.5 Å². The van der Waals surface area contributed by atoms with Gasteiger partial charge < -0.3 is 18.8 Å². The molecule has 0 aliphatic carbocycles. The van der Waals surface area contributed by atoms with Crippen molar-refractivity contribution in [3.8, 4) is 11.5 Å². The van der Waals surface area contributed by atoms with Crippen molar-refractivity contribution in [3.63, 3.8) is 0 Å². The topological polar surface area (TPSA) is 55.2 Å². The maximum absolute atomic E-state index is 11.6. The first kappa shape index (κ1) is 20.3. The molecule has 2 aromatic carbocycles. The Morgan fingerprint density at radius 3 is 2.43 bits per heavy atom. The number of rotatable bonds is 7. The van der Waals surface area contributed by atoms with Crippen molar-refractivity contribution < 1.29 is 13.9 Å². The first-order chi connectivity index (χ1) is 14.6. The molecule has 0 radical (unpaired) electrons. The second-order valence-corrected chi connectivity index (χ2v) is 7.64. The van der Waals surface area contributed by atoms with Crippen LogP contribution in [0.3, 0.4) is 0 Å². The zero-order chi connectivity index (χ0) is 20.9. The van der Waals surface area contributed by atoms with Crippen molar-refractivity contribution in [2.45, 2.75) is 13.3 Å². The molecule has 0 atom stereocenters. The minimum Gasteiger partial charge on any atom is -0.497 e. The zero-order valence-corrected chi connectivity index (χ0v) is 17.6. The fourth-order valence-electron chi connectivity index (χ4n) is 3.90. The van der Waals surface area contributed by atoms with E-state index in [1.54, 1.807) is 13.2 Å². The first-order valence-corrected chi connectivity index (χ1v) is 10.4. The van der Waals surface area contributed by atoms with E-state index in [-0.39, 0.29) is 5.63 Å². The van der Waals surface area contributed by atoms with Crippen LogP contribution in [0.2, 0.25) is 0 Å². The highest BCUT2D eigenvalue weighted by Gasteiger charge is 2.17. The second-order valence-electron chi connectivity index (χ2n) is 7.64. The maximum Gasteiger partial charge on any atom is 0.336 e. The van der Waals surface area contributed by atoms with E-state index in [1.807, 2.05) is 31.2 Å². The zero-order valence-electron chi connectivity index (χ0n) is 17.6. The maximum atomic E-state index is 11.6. The van der Waals surface area contributed by atoms with Gasteiger partial charge in [-0.3, -0.25) is 4.90 Å². The summed E-state index contributed by atoms with van der Waals surface area (Å²) in [5.74, 6) is 1.63. The number of piperazine rings is 1. The summed E-state index contributed by atoms with van der Waals surface area (Å²) in [6, 6.07) is 15.5. The number of methoxy groups -OCH3 is 1. The molecular weight excluding hydrogens is 380 g/mol. The number of benzene rings is 2. The van der Waals surface area contributed by atoms with Gasteiger partial charge >= 0.3 is 5.63 Å². The standard InChI is InChI=1S/C24H28N2O4/c1-18-16-24(27)30-23-17-21(8-9-22(18)23)29-15-3-10-25-11-13-26(14-12-25)19-4-6-20(28-2)7-5-19/h4-9,16-17H,3,10-15H2,1-2H3. The Balaban J connectivity index is 1.22. The molecule has 158 valence electrons. The summed E-state index contributed by atoms with van der Waals surface area (Å²) in [7, 11) is 1.69. The second kappa shape index (κ2) is 9.22. The summed E-state index contributed by atoms with van der Waals surface area (Å²) >= 11 is 0. The monoisotopic (exact) mass is 408 g/mol. The SMILES string of the molecule is COc1ccc(N2CCN(CCCOc3ccc4c(C)cc(=O)oc4c3)CC2)cc1. The normalized spacial score (nSPS) is 14.8. The molecule has 6 nitrogen and oxygen atoms in total. The molecule has 2 heterocycles. The number of aryl methyl sites for hydroxylation is 1. The highest BCUT2D eigenvalue weighted by molar-refractivity contribution is 5.81. The van der Waals surface area contributed by atoms with Crippen LogP contribution < -0.4 is 20.0 Å². The minimum absolute atomic E-state index is 0.328. The number of fused-ring (bicyclic) bond motifs is 1. The molecule has 0 saturated carbocycles. The molecule has 0 N–H and O–H groups in total. The lowest BCUT2D eigenvalue weighted by Crippen LogP contribution is -2.46. The van der Waals surface area contributed by atoms with E-state index in [9.17, 15) is 4.79 Å². The quantitative estimate of drug-likeness (QED) is 0.439. The Bertz CT molecular complexity index is 1040. The Kier molecular flexibility index (Phi) is 6.23. The van der Waals surface area contributed by atoms with Gasteiger partial charge in [0.05, 0.1) is 13.7 Å². The fourth-order valence-corrected chi connectivity index (χ4v) is 3.90. The third-order valence-electron chi connectivity index (χ3n) is 5.62. The van der Waals surface area contributed by atoms with Crippen molar-refractivity contribution >= 4 is 16.7 Å². The molecule has 4 rings (SSSR count). The molecule has 0 unspecified atom stereocenters. The Morgan fingerprint density at radius 2 is 1.70 bits per heavy atom. The third-order valence-corrected chi connectivity index (χ3v) is 5.62. The van der Waals surface area contributed by atoms with E-state index >= 15 is 0 Å². The molecule has 6 heteroatoms. The van der Waals surface area contributed by atoms with E-state index in [4.69, 9.17) is 13.9 Å². The molecule has 1 aromatic heterocycles. The van der Waals surface area contributed by atoms with Gasteiger partial charge in [0.2, 0.25) is 0 Å². The Labute approximate surface area is 176 Å². The largest absolute Gasteiger partial charge is 0.497 e. The Hall–Kier alpha value is -2.99. The van der Waals surface area contributed by atoms with Gasteiger partial charge in [0.1, 0.15) is 17.1 Å². The van der Waals surface area contributed by atoms with Crippen LogP contribution in [0.1, 0.15) is 12.0 Å². The molecule has 1 aliphatic heterocycles. The van der Waals surface area contributed by atoms with Crippen LogP contribution in [0.4, 0.5) is 5.69 Å². The molecule has 0 amide bonds. The highest BCUT2D eigenvalue weighted by atomic mass is 16.5. The van der Waals surface area contributed by atoms with Gasteiger partial charge in [-0.05, 0) is 55.3 Å². The number of hydrogen-bond donors (Lipinski definition) is 0. The smallest absolute Gasteiger partial charge is 0.336 e. The van der Waals surface area contributed by atoms with Crippen molar-refractivity contribution in [3.05, 3.63) is 64.5 Å². The average Bonchev–Trinajstić information content (AvgIpc) is 2.77. The van der Waals surface area contributed by atoms with Crippen molar-refractivity contribution in [2.24, 2.45) is 0 Å². The van der Waals surface area contributed by atoms with E-state index in [0.29, 0.717) is 12.2 Å². The summed E-state index contributed by atoms with van der Waals surface area (Å²) in [5.41, 5.74) is 2.41. The van der Waals surface area contributed by atoms with E-state index < -0.39 is 0 Å². The Morgan fingerprint density at radius 1 is 0.967 bits per heavy atom. The third kappa shape index (κ3) is 4.76. The lowest BCUT2D eigenvalue weighted by molar-refractivity contribution is 0.225. The lowest BCUT2D eigenvalue weighted by atomic mass is 10.1. The summed E-state index contributed by atoms with van der Waals surface area (Å²) < 4.78 is 16.4. The van der Waals surface area contributed by atoms with Crippen LogP contribution >= 0.6 is 0 Å². The highest BCUT2D eigenvalue weighted by Crippen LogP contribution is 2.23.